The van der Waals surface area contributed by atoms with E-state index in [1.165, 1.54) is 7.11 Å². The van der Waals surface area contributed by atoms with Gasteiger partial charge in [0.05, 0.1) is 18.4 Å². The normalized spacial score (nSPS) is 11.0. The summed E-state index contributed by atoms with van der Waals surface area (Å²) in [6.07, 6.45) is 0. The fraction of sp³-hybridized carbons (Fsp3) is 0.231. The van der Waals surface area contributed by atoms with Crippen LogP contribution < -0.4 is 5.90 Å². The highest BCUT2D eigenvalue weighted by Crippen LogP contribution is 2.20. The van der Waals surface area contributed by atoms with E-state index in [1.807, 2.05) is 6.92 Å². The average Bonchev–Trinajstić information content (AvgIpc) is 2.37. The molecule has 18 heavy (non-hydrogen) atoms. The monoisotopic (exact) mass is 248 g/mol. The van der Waals surface area contributed by atoms with Gasteiger partial charge < -0.3 is 9.57 Å². The summed E-state index contributed by atoms with van der Waals surface area (Å²) in [6, 6.07) is 5.17. The molecular formula is C13H16N2O3. The van der Waals surface area contributed by atoms with Gasteiger partial charge in [0.2, 0.25) is 5.90 Å². The third kappa shape index (κ3) is 3.18. The lowest BCUT2D eigenvalue weighted by atomic mass is 10.0. The van der Waals surface area contributed by atoms with Crippen LogP contribution in [-0.2, 0) is 9.57 Å². The molecular weight excluding hydrogens is 232 g/mol. The van der Waals surface area contributed by atoms with Gasteiger partial charge in [0, 0.05) is 12.5 Å². The number of rotatable bonds is 3. The summed E-state index contributed by atoms with van der Waals surface area (Å²) in [7, 11) is 1.33. The Bertz CT molecular complexity index is 507. The second-order valence-electron chi connectivity index (χ2n) is 3.72. The van der Waals surface area contributed by atoms with Crippen LogP contribution in [0.4, 0.5) is 0 Å². The predicted molar refractivity (Wildman–Crippen MR) is 69.9 cm³/mol. The standard InChI is InChI=1S/C13H16N2O3/c1-8-5-6-11(13(16)17-4)7-12(8)9(2)15-10(3)18-14/h5-7H,2,14H2,1,3-4H3. The molecule has 0 bridgehead atoms. The van der Waals surface area contributed by atoms with Gasteiger partial charge >= 0.3 is 5.97 Å². The van der Waals surface area contributed by atoms with Crippen LogP contribution in [0.25, 0.3) is 5.70 Å². The molecule has 0 spiro atoms. The molecule has 0 amide bonds. The van der Waals surface area contributed by atoms with Crippen molar-refractivity contribution in [1.82, 2.24) is 0 Å². The van der Waals surface area contributed by atoms with Crippen molar-refractivity contribution in [2.45, 2.75) is 13.8 Å². The van der Waals surface area contributed by atoms with Crippen LogP contribution >= 0.6 is 0 Å². The van der Waals surface area contributed by atoms with Gasteiger partial charge in [-0.1, -0.05) is 12.6 Å². The Labute approximate surface area is 106 Å². The van der Waals surface area contributed by atoms with E-state index in [0.29, 0.717) is 17.2 Å². The number of benzene rings is 1. The molecule has 0 aromatic heterocycles. The first-order chi connectivity index (χ1) is 8.49. The maximum absolute atomic E-state index is 11.4. The van der Waals surface area contributed by atoms with Gasteiger partial charge in [-0.15, -0.1) is 0 Å². The summed E-state index contributed by atoms with van der Waals surface area (Å²) in [4.78, 5) is 20.0. The molecule has 0 aliphatic carbocycles. The number of ether oxygens (including phenoxy) is 1. The van der Waals surface area contributed by atoms with E-state index in [0.717, 1.165) is 11.1 Å². The molecule has 0 atom stereocenters. The molecule has 2 N–H and O–H groups in total. The SMILES string of the molecule is C=C(N=C(C)ON)c1cc(C(=O)OC)ccc1C. The van der Waals surface area contributed by atoms with Crippen molar-refractivity contribution in [3.05, 3.63) is 41.5 Å². The van der Waals surface area contributed by atoms with Gasteiger partial charge in [-0.05, 0) is 24.6 Å². The number of carbonyl (C=O) groups excluding carboxylic acids is 1. The van der Waals surface area contributed by atoms with Gasteiger partial charge in [0.15, 0.2) is 0 Å². The molecule has 0 saturated carbocycles. The molecule has 5 heteroatoms. The van der Waals surface area contributed by atoms with Crippen LogP contribution in [0.3, 0.4) is 0 Å². The van der Waals surface area contributed by atoms with E-state index < -0.39 is 5.97 Å². The van der Waals surface area contributed by atoms with Crippen molar-refractivity contribution in [2.24, 2.45) is 10.9 Å². The number of methoxy groups -OCH3 is 1. The Morgan fingerprint density at radius 2 is 2.11 bits per heavy atom. The number of nitrogens with zero attached hydrogens (tertiary/aromatic N) is 1. The minimum Gasteiger partial charge on any atom is -0.465 e. The van der Waals surface area contributed by atoms with E-state index in [1.54, 1.807) is 25.1 Å². The van der Waals surface area contributed by atoms with E-state index >= 15 is 0 Å². The van der Waals surface area contributed by atoms with Crippen molar-refractivity contribution in [2.75, 3.05) is 7.11 Å². The lowest BCUT2D eigenvalue weighted by Gasteiger charge is -2.08. The zero-order valence-electron chi connectivity index (χ0n) is 10.7. The Balaban J connectivity index is 3.16. The van der Waals surface area contributed by atoms with Crippen LogP contribution in [0.5, 0.6) is 0 Å². The Morgan fingerprint density at radius 3 is 2.67 bits per heavy atom. The Hall–Kier alpha value is -2.14. The number of hydrogen-bond donors (Lipinski definition) is 1. The number of nitrogens with two attached hydrogens (primary N) is 1. The zero-order valence-corrected chi connectivity index (χ0v) is 10.7. The van der Waals surface area contributed by atoms with Crippen LogP contribution in [0, 0.1) is 6.92 Å². The van der Waals surface area contributed by atoms with Gasteiger partial charge in [-0.25, -0.2) is 9.79 Å². The number of esters is 1. The first kappa shape index (κ1) is 13.9. The van der Waals surface area contributed by atoms with E-state index in [4.69, 9.17) is 5.90 Å². The lowest BCUT2D eigenvalue weighted by Crippen LogP contribution is -2.06. The molecule has 0 heterocycles. The van der Waals surface area contributed by atoms with Gasteiger partial charge in [-0.2, -0.15) is 5.90 Å². The Kier molecular flexibility index (Phi) is 4.62. The number of hydrogen-bond acceptors (Lipinski definition) is 5. The second-order valence-corrected chi connectivity index (χ2v) is 3.72. The first-order valence-electron chi connectivity index (χ1n) is 5.30. The molecule has 0 aliphatic rings. The summed E-state index contributed by atoms with van der Waals surface area (Å²) in [5.74, 6) is 4.88. The largest absolute Gasteiger partial charge is 0.465 e. The maximum atomic E-state index is 11.4. The fourth-order valence-electron chi connectivity index (χ4n) is 1.45. The molecule has 96 valence electrons. The van der Waals surface area contributed by atoms with Crippen molar-refractivity contribution >= 4 is 17.6 Å². The van der Waals surface area contributed by atoms with E-state index in [2.05, 4.69) is 21.1 Å². The van der Waals surface area contributed by atoms with Crippen molar-refractivity contribution in [3.63, 3.8) is 0 Å². The number of aryl methyl sites for hydroxylation is 1. The summed E-state index contributed by atoms with van der Waals surface area (Å²) >= 11 is 0. The predicted octanol–water partition coefficient (Wildman–Crippen LogP) is 2.06. The molecule has 1 rings (SSSR count). The molecule has 0 radical (unpaired) electrons. The fourth-order valence-corrected chi connectivity index (χ4v) is 1.45. The minimum atomic E-state index is -0.403. The quantitative estimate of drug-likeness (QED) is 0.384. The van der Waals surface area contributed by atoms with E-state index in [-0.39, 0.29) is 0 Å². The highest BCUT2D eigenvalue weighted by Gasteiger charge is 2.10. The Morgan fingerprint density at radius 1 is 1.44 bits per heavy atom. The van der Waals surface area contributed by atoms with Crippen molar-refractivity contribution in [3.8, 4) is 0 Å². The molecule has 5 nitrogen and oxygen atoms in total. The summed E-state index contributed by atoms with van der Waals surface area (Å²) in [5.41, 5.74) is 2.61. The van der Waals surface area contributed by atoms with Gasteiger partial charge in [0.25, 0.3) is 0 Å². The third-order valence-corrected chi connectivity index (χ3v) is 2.43. The molecule has 0 fully saturated rings. The van der Waals surface area contributed by atoms with Crippen LogP contribution in [-0.4, -0.2) is 19.0 Å². The molecule has 0 saturated heterocycles. The van der Waals surface area contributed by atoms with Crippen molar-refractivity contribution < 1.29 is 14.4 Å². The third-order valence-electron chi connectivity index (χ3n) is 2.43. The second kappa shape index (κ2) is 5.97. The van der Waals surface area contributed by atoms with Crippen molar-refractivity contribution in [1.29, 1.82) is 0 Å². The molecule has 0 aliphatic heterocycles. The molecule has 1 aromatic carbocycles. The topological polar surface area (TPSA) is 73.9 Å². The highest BCUT2D eigenvalue weighted by molar-refractivity contribution is 5.91. The maximum Gasteiger partial charge on any atom is 0.337 e. The number of carbonyl (C=O) groups is 1. The average molecular weight is 248 g/mol. The van der Waals surface area contributed by atoms with Gasteiger partial charge in [-0.3, -0.25) is 0 Å². The lowest BCUT2D eigenvalue weighted by molar-refractivity contribution is 0.0600. The highest BCUT2D eigenvalue weighted by atomic mass is 16.6. The smallest absolute Gasteiger partial charge is 0.337 e. The van der Waals surface area contributed by atoms with Crippen LogP contribution in [0.2, 0.25) is 0 Å². The first-order valence-corrected chi connectivity index (χ1v) is 5.30. The summed E-state index contributed by atoms with van der Waals surface area (Å²) in [5, 5.41) is 0. The molecule has 1 aromatic rings. The van der Waals surface area contributed by atoms with Crippen LogP contribution in [0.1, 0.15) is 28.4 Å². The van der Waals surface area contributed by atoms with Gasteiger partial charge in [0.1, 0.15) is 0 Å². The van der Waals surface area contributed by atoms with Crippen LogP contribution in [0.15, 0.2) is 29.8 Å². The zero-order chi connectivity index (χ0) is 13.7. The summed E-state index contributed by atoms with van der Waals surface area (Å²) in [6.45, 7) is 7.34. The van der Waals surface area contributed by atoms with E-state index in [9.17, 15) is 4.79 Å². The number of aliphatic imine (C=N–C) groups is 1. The summed E-state index contributed by atoms with van der Waals surface area (Å²) < 4.78 is 4.66. The molecule has 0 unspecified atom stereocenters. The minimum absolute atomic E-state index is 0.294.